The molecule has 3 N–H and O–H groups in total. The van der Waals surface area contributed by atoms with Crippen molar-refractivity contribution in [2.75, 3.05) is 18.8 Å². The van der Waals surface area contributed by atoms with Gasteiger partial charge in [-0.3, -0.25) is 19.2 Å². The van der Waals surface area contributed by atoms with Gasteiger partial charge in [0.05, 0.1) is 10.5 Å². The molecule has 2 aliphatic carbocycles. The molecule has 12 nitrogen and oxygen atoms in total. The van der Waals surface area contributed by atoms with Crippen LogP contribution in [-0.4, -0.2) is 90.2 Å². The van der Waals surface area contributed by atoms with Gasteiger partial charge in [-0.2, -0.15) is 0 Å². The van der Waals surface area contributed by atoms with Gasteiger partial charge in [0.1, 0.15) is 23.7 Å². The van der Waals surface area contributed by atoms with Gasteiger partial charge in [0.15, 0.2) is 9.84 Å². The number of piperidine rings is 1. The standard InChI is InChI=1S/C33H54N4O8S/c1-10-14-22(26(38)28(40)34-17-18-46(43,44)32(5,6)7)35-27(39)25-23-21(33(23,8)9)19-37(25)29(41)24(20-15-12-11-13-16-20)36-30(42)45-31(2,3)4/h10,20-25H,1,11-19H2,2-9H3,(H,34,40)(H,35,39)(H,36,42)/t21?,22?,23?,24-,25-/m0/s1. The van der Waals surface area contributed by atoms with Gasteiger partial charge in [-0.25, -0.2) is 13.2 Å². The predicted octanol–water partition coefficient (Wildman–Crippen LogP) is 2.90. The number of fused-ring (bicyclic) bond motifs is 1. The normalized spacial score (nSPS) is 24.2. The predicted molar refractivity (Wildman–Crippen MR) is 174 cm³/mol. The second kappa shape index (κ2) is 14.0. The Labute approximate surface area is 274 Å². The van der Waals surface area contributed by atoms with Crippen LogP contribution in [0.3, 0.4) is 0 Å². The molecule has 4 amide bonds. The molecule has 0 bridgehead atoms. The van der Waals surface area contributed by atoms with Gasteiger partial charge in [0.2, 0.25) is 17.6 Å². The maximum Gasteiger partial charge on any atom is 0.408 e. The largest absolute Gasteiger partial charge is 0.444 e. The lowest BCUT2D eigenvalue weighted by Gasteiger charge is -2.37. The first kappa shape index (κ1) is 37.5. The summed E-state index contributed by atoms with van der Waals surface area (Å²) in [6.07, 6.45) is 5.11. The summed E-state index contributed by atoms with van der Waals surface area (Å²) < 4.78 is 29.3. The van der Waals surface area contributed by atoms with Crippen molar-refractivity contribution in [2.24, 2.45) is 23.2 Å². The molecule has 46 heavy (non-hydrogen) atoms. The first-order valence-electron chi connectivity index (χ1n) is 16.4. The van der Waals surface area contributed by atoms with Crippen LogP contribution in [0.2, 0.25) is 0 Å². The van der Waals surface area contributed by atoms with Crippen molar-refractivity contribution in [1.82, 2.24) is 20.9 Å². The van der Waals surface area contributed by atoms with Crippen molar-refractivity contribution in [3.63, 3.8) is 0 Å². The maximum atomic E-state index is 14.2. The third kappa shape index (κ3) is 8.68. The number of hydrogen-bond donors (Lipinski definition) is 3. The Morgan fingerprint density at radius 1 is 1.00 bits per heavy atom. The molecule has 2 saturated carbocycles. The van der Waals surface area contributed by atoms with Crippen LogP contribution in [0.15, 0.2) is 12.7 Å². The zero-order chi connectivity index (χ0) is 34.8. The molecule has 0 spiro atoms. The second-order valence-electron chi connectivity index (χ2n) is 15.5. The molecule has 260 valence electrons. The highest BCUT2D eigenvalue weighted by Gasteiger charge is 2.69. The zero-order valence-electron chi connectivity index (χ0n) is 28.7. The first-order chi connectivity index (χ1) is 21.1. The van der Waals surface area contributed by atoms with Crippen LogP contribution in [0.4, 0.5) is 4.79 Å². The van der Waals surface area contributed by atoms with Crippen LogP contribution in [-0.2, 0) is 33.8 Å². The molecule has 0 aromatic heterocycles. The van der Waals surface area contributed by atoms with Crippen molar-refractivity contribution in [3.8, 4) is 0 Å². The van der Waals surface area contributed by atoms with E-state index in [0.29, 0.717) is 6.54 Å². The van der Waals surface area contributed by atoms with Crippen molar-refractivity contribution in [3.05, 3.63) is 12.7 Å². The van der Waals surface area contributed by atoms with Gasteiger partial charge >= 0.3 is 6.09 Å². The minimum atomic E-state index is -3.52. The minimum absolute atomic E-state index is 0.0403. The van der Waals surface area contributed by atoms with Crippen molar-refractivity contribution < 1.29 is 37.1 Å². The number of hydrogen-bond acceptors (Lipinski definition) is 8. The van der Waals surface area contributed by atoms with Crippen molar-refractivity contribution in [1.29, 1.82) is 0 Å². The fourth-order valence-electron chi connectivity index (χ4n) is 6.78. The average Bonchev–Trinajstić information content (AvgIpc) is 3.26. The fraction of sp³-hybridized carbons (Fsp3) is 0.788. The van der Waals surface area contributed by atoms with Crippen molar-refractivity contribution >= 4 is 39.4 Å². The number of Topliss-reactive ketones (excluding diaryl/α,β-unsaturated/α-hetero) is 1. The zero-order valence-corrected chi connectivity index (χ0v) is 29.6. The smallest absolute Gasteiger partial charge is 0.408 e. The highest BCUT2D eigenvalue weighted by Crippen LogP contribution is 2.65. The second-order valence-corrected chi connectivity index (χ2v) is 18.4. The average molecular weight is 667 g/mol. The Bertz CT molecular complexity index is 1310. The summed E-state index contributed by atoms with van der Waals surface area (Å²) in [6, 6.07) is -3.03. The van der Waals surface area contributed by atoms with Gasteiger partial charge in [-0.1, -0.05) is 39.2 Å². The fourth-order valence-corrected chi connectivity index (χ4v) is 7.76. The summed E-state index contributed by atoms with van der Waals surface area (Å²) in [4.78, 5) is 68.5. The van der Waals surface area contributed by atoms with Crippen LogP contribution in [0.5, 0.6) is 0 Å². The number of nitrogens with one attached hydrogen (secondary N) is 3. The lowest BCUT2D eigenvalue weighted by atomic mass is 9.83. The monoisotopic (exact) mass is 666 g/mol. The highest BCUT2D eigenvalue weighted by atomic mass is 32.2. The number of amides is 4. The van der Waals surface area contributed by atoms with E-state index in [-0.39, 0.29) is 47.8 Å². The van der Waals surface area contributed by atoms with Gasteiger partial charge in [0, 0.05) is 13.1 Å². The van der Waals surface area contributed by atoms with Crippen LogP contribution in [0.1, 0.15) is 93.9 Å². The number of ether oxygens (including phenoxy) is 1. The number of rotatable bonds is 12. The van der Waals surface area contributed by atoms with Crippen LogP contribution in [0, 0.1) is 23.2 Å². The van der Waals surface area contributed by atoms with Crippen LogP contribution < -0.4 is 16.0 Å². The number of carbonyl (C=O) groups excluding carboxylic acids is 5. The summed E-state index contributed by atoms with van der Waals surface area (Å²) >= 11 is 0. The van der Waals surface area contributed by atoms with E-state index in [4.69, 9.17) is 4.74 Å². The Morgan fingerprint density at radius 3 is 2.15 bits per heavy atom. The van der Waals surface area contributed by atoms with E-state index < -0.39 is 62.0 Å². The molecule has 1 aliphatic heterocycles. The van der Waals surface area contributed by atoms with Crippen molar-refractivity contribution in [2.45, 2.75) is 122 Å². The number of likely N-dealkylation sites (tertiary alicyclic amines) is 1. The van der Waals surface area contributed by atoms with Crippen LogP contribution >= 0.6 is 0 Å². The number of carbonyl (C=O) groups is 5. The highest BCUT2D eigenvalue weighted by molar-refractivity contribution is 7.92. The summed E-state index contributed by atoms with van der Waals surface area (Å²) in [7, 11) is -3.52. The quantitative estimate of drug-likeness (QED) is 0.211. The lowest BCUT2D eigenvalue weighted by molar-refractivity contribution is -0.145. The molecule has 3 fully saturated rings. The molecule has 3 unspecified atom stereocenters. The summed E-state index contributed by atoms with van der Waals surface area (Å²) in [6.45, 7) is 17.7. The Balaban J connectivity index is 1.78. The van der Waals surface area contributed by atoms with E-state index in [2.05, 4.69) is 22.5 Å². The number of nitrogens with zero attached hydrogens (tertiary/aromatic N) is 1. The Hall–Kier alpha value is -2.96. The number of sulfone groups is 1. The molecule has 3 rings (SSSR count). The maximum absolute atomic E-state index is 14.2. The molecule has 13 heteroatoms. The number of ketones is 1. The summed E-state index contributed by atoms with van der Waals surface area (Å²) in [5, 5.41) is 7.88. The topological polar surface area (TPSA) is 168 Å². The molecule has 0 aromatic carbocycles. The van der Waals surface area contributed by atoms with Gasteiger partial charge in [-0.05, 0) is 84.0 Å². The van der Waals surface area contributed by atoms with E-state index in [1.165, 1.54) is 11.0 Å². The molecule has 0 radical (unpaired) electrons. The first-order valence-corrected chi connectivity index (χ1v) is 18.0. The third-order valence-corrected chi connectivity index (χ3v) is 12.3. The number of alkyl carbamates (subject to hydrolysis) is 1. The SMILES string of the molecule is C=CCC(NC(=O)[C@@H]1C2C(CN1C(=O)[C@@H](NC(=O)OC(C)(C)C)C1CCCCC1)C2(C)C)C(=O)C(=O)NCCS(=O)(=O)C(C)(C)C. The molecule has 0 aromatic rings. The molecule has 1 heterocycles. The Kier molecular flexibility index (Phi) is 11.4. The van der Waals surface area contributed by atoms with Gasteiger partial charge in [0.25, 0.3) is 5.91 Å². The van der Waals surface area contributed by atoms with E-state index in [1.807, 2.05) is 13.8 Å². The molecular weight excluding hydrogens is 612 g/mol. The molecule has 1 saturated heterocycles. The minimum Gasteiger partial charge on any atom is -0.444 e. The van der Waals surface area contributed by atoms with Gasteiger partial charge in [-0.15, -0.1) is 6.58 Å². The summed E-state index contributed by atoms with van der Waals surface area (Å²) in [5.41, 5.74) is -0.975. The third-order valence-electron chi connectivity index (χ3n) is 9.67. The van der Waals surface area contributed by atoms with E-state index in [0.717, 1.165) is 32.1 Å². The van der Waals surface area contributed by atoms with Crippen LogP contribution in [0.25, 0.3) is 0 Å². The molecule has 5 atom stereocenters. The van der Waals surface area contributed by atoms with E-state index in [9.17, 15) is 32.4 Å². The Morgan fingerprint density at radius 2 is 1.61 bits per heavy atom. The summed E-state index contributed by atoms with van der Waals surface area (Å²) in [5.74, 6) is -3.42. The molecular formula is C33H54N4O8S. The van der Waals surface area contributed by atoms with E-state index in [1.54, 1.807) is 41.5 Å². The van der Waals surface area contributed by atoms with E-state index >= 15 is 0 Å². The van der Waals surface area contributed by atoms with Gasteiger partial charge < -0.3 is 25.6 Å². The molecule has 3 aliphatic rings. The lowest BCUT2D eigenvalue weighted by Crippen LogP contribution is -2.59.